The zero-order valence-corrected chi connectivity index (χ0v) is 13.3. The molecule has 7 heteroatoms. The van der Waals surface area contributed by atoms with Gasteiger partial charge in [0.25, 0.3) is 10.2 Å². The molecule has 0 aliphatic heterocycles. The van der Waals surface area contributed by atoms with Gasteiger partial charge in [-0.25, -0.2) is 0 Å². The van der Waals surface area contributed by atoms with Gasteiger partial charge in [0.1, 0.15) is 5.54 Å². The van der Waals surface area contributed by atoms with Crippen molar-refractivity contribution in [2.24, 2.45) is 0 Å². The molecule has 0 radical (unpaired) electrons. The summed E-state index contributed by atoms with van der Waals surface area (Å²) in [6.07, 6.45) is 2.75. The van der Waals surface area contributed by atoms with Crippen LogP contribution in [0.3, 0.4) is 0 Å². The SMILES string of the molecule is CCCCN(C)S(=O)(=O)NC(C)(CCC)C(=O)OC. The molecule has 1 atom stereocenters. The molecule has 0 saturated heterocycles. The lowest BCUT2D eigenvalue weighted by Crippen LogP contribution is -2.56. The summed E-state index contributed by atoms with van der Waals surface area (Å²) >= 11 is 0. The van der Waals surface area contributed by atoms with E-state index in [1.54, 1.807) is 6.92 Å². The van der Waals surface area contributed by atoms with Crippen molar-refractivity contribution in [3.05, 3.63) is 0 Å². The monoisotopic (exact) mass is 294 g/mol. The van der Waals surface area contributed by atoms with Gasteiger partial charge >= 0.3 is 5.97 Å². The van der Waals surface area contributed by atoms with Gasteiger partial charge in [0.15, 0.2) is 0 Å². The molecule has 0 heterocycles. The lowest BCUT2D eigenvalue weighted by Gasteiger charge is -2.29. The molecule has 0 saturated carbocycles. The minimum absolute atomic E-state index is 0.389. The zero-order chi connectivity index (χ0) is 15.1. The van der Waals surface area contributed by atoms with Crippen LogP contribution in [0.5, 0.6) is 0 Å². The molecule has 0 amide bonds. The van der Waals surface area contributed by atoms with E-state index in [-0.39, 0.29) is 0 Å². The van der Waals surface area contributed by atoms with Crippen molar-refractivity contribution in [2.75, 3.05) is 20.7 Å². The first kappa shape index (κ1) is 18.3. The van der Waals surface area contributed by atoms with Gasteiger partial charge in [-0.15, -0.1) is 0 Å². The Balaban J connectivity index is 4.97. The third-order valence-electron chi connectivity index (χ3n) is 2.98. The van der Waals surface area contributed by atoms with Gasteiger partial charge < -0.3 is 4.74 Å². The molecular formula is C12H26N2O4S. The summed E-state index contributed by atoms with van der Waals surface area (Å²) < 4.78 is 32.7. The van der Waals surface area contributed by atoms with Crippen LogP contribution < -0.4 is 4.72 Å². The average Bonchev–Trinajstić information content (AvgIpc) is 2.34. The second-order valence-corrected chi connectivity index (χ2v) is 6.63. The second kappa shape index (κ2) is 7.81. The fourth-order valence-electron chi connectivity index (χ4n) is 1.78. The van der Waals surface area contributed by atoms with Crippen LogP contribution in [-0.2, 0) is 19.7 Å². The summed E-state index contributed by atoms with van der Waals surface area (Å²) in [4.78, 5) is 11.8. The Labute approximate surface area is 116 Å². The fourth-order valence-corrected chi connectivity index (χ4v) is 3.06. The van der Waals surface area contributed by atoms with Gasteiger partial charge in [0.05, 0.1) is 7.11 Å². The van der Waals surface area contributed by atoms with Crippen molar-refractivity contribution in [3.8, 4) is 0 Å². The number of hydrogen-bond donors (Lipinski definition) is 1. The maximum atomic E-state index is 12.2. The molecule has 19 heavy (non-hydrogen) atoms. The molecule has 1 N–H and O–H groups in total. The first-order chi connectivity index (χ1) is 8.73. The van der Waals surface area contributed by atoms with Crippen LogP contribution in [0.1, 0.15) is 46.5 Å². The molecule has 6 nitrogen and oxygen atoms in total. The largest absolute Gasteiger partial charge is 0.468 e. The summed E-state index contributed by atoms with van der Waals surface area (Å²) in [5.74, 6) is -0.568. The third-order valence-corrected chi connectivity index (χ3v) is 4.69. The Morgan fingerprint density at radius 3 is 2.32 bits per heavy atom. The van der Waals surface area contributed by atoms with Gasteiger partial charge in [-0.1, -0.05) is 26.7 Å². The number of nitrogens with one attached hydrogen (secondary N) is 1. The summed E-state index contributed by atoms with van der Waals surface area (Å²) in [5, 5.41) is 0. The van der Waals surface area contributed by atoms with E-state index in [4.69, 9.17) is 4.74 Å². The van der Waals surface area contributed by atoms with Gasteiger partial charge in [-0.05, 0) is 19.8 Å². The second-order valence-electron chi connectivity index (χ2n) is 4.86. The lowest BCUT2D eigenvalue weighted by atomic mass is 9.98. The number of unbranched alkanes of at least 4 members (excludes halogenated alkanes) is 1. The van der Waals surface area contributed by atoms with Crippen LogP contribution in [0.2, 0.25) is 0 Å². The molecule has 0 aromatic carbocycles. The molecule has 0 aromatic rings. The smallest absolute Gasteiger partial charge is 0.326 e. The zero-order valence-electron chi connectivity index (χ0n) is 12.5. The minimum Gasteiger partial charge on any atom is -0.468 e. The van der Waals surface area contributed by atoms with E-state index >= 15 is 0 Å². The first-order valence-electron chi connectivity index (χ1n) is 6.57. The lowest BCUT2D eigenvalue weighted by molar-refractivity contribution is -0.147. The third kappa shape index (κ3) is 5.46. The molecular weight excluding hydrogens is 268 g/mol. The minimum atomic E-state index is -3.68. The number of rotatable bonds is 9. The van der Waals surface area contributed by atoms with Crippen LogP contribution in [0.4, 0.5) is 0 Å². The maximum Gasteiger partial charge on any atom is 0.326 e. The molecule has 0 aromatic heterocycles. The standard InChI is InChI=1S/C12H26N2O4S/c1-6-8-10-14(4)19(16,17)13-12(3,9-7-2)11(15)18-5/h13H,6-10H2,1-5H3. The number of methoxy groups -OCH3 is 1. The fraction of sp³-hybridized carbons (Fsp3) is 0.917. The summed E-state index contributed by atoms with van der Waals surface area (Å²) in [6, 6.07) is 0. The highest BCUT2D eigenvalue weighted by Crippen LogP contribution is 2.16. The van der Waals surface area contributed by atoms with E-state index in [0.29, 0.717) is 19.4 Å². The Morgan fingerprint density at radius 1 is 1.32 bits per heavy atom. The number of carbonyl (C=O) groups is 1. The quantitative estimate of drug-likeness (QED) is 0.650. The molecule has 0 aliphatic rings. The number of ether oxygens (including phenoxy) is 1. The van der Waals surface area contributed by atoms with Crippen LogP contribution in [0.15, 0.2) is 0 Å². The first-order valence-corrected chi connectivity index (χ1v) is 8.01. The Bertz CT molecular complexity index is 383. The molecule has 114 valence electrons. The van der Waals surface area contributed by atoms with Crippen LogP contribution in [-0.4, -0.2) is 44.9 Å². The molecule has 0 bridgehead atoms. The number of esters is 1. The summed E-state index contributed by atoms with van der Waals surface area (Å²) in [6.45, 7) is 5.85. The summed E-state index contributed by atoms with van der Waals surface area (Å²) in [7, 11) is -0.928. The highest BCUT2D eigenvalue weighted by atomic mass is 32.2. The topological polar surface area (TPSA) is 75.7 Å². The van der Waals surface area contributed by atoms with Gasteiger partial charge in [0, 0.05) is 13.6 Å². The molecule has 0 rings (SSSR count). The van der Waals surface area contributed by atoms with Crippen molar-refractivity contribution in [1.29, 1.82) is 0 Å². The van der Waals surface area contributed by atoms with Crippen molar-refractivity contribution in [2.45, 2.75) is 52.0 Å². The van der Waals surface area contributed by atoms with Gasteiger partial charge in [-0.2, -0.15) is 17.4 Å². The van der Waals surface area contributed by atoms with Gasteiger partial charge in [0.2, 0.25) is 0 Å². The van der Waals surface area contributed by atoms with Crippen LogP contribution in [0, 0.1) is 0 Å². The van der Waals surface area contributed by atoms with Crippen molar-refractivity contribution >= 4 is 16.2 Å². The molecule has 0 spiro atoms. The van der Waals surface area contributed by atoms with E-state index in [1.807, 2.05) is 13.8 Å². The average molecular weight is 294 g/mol. The van der Waals surface area contributed by atoms with E-state index in [0.717, 1.165) is 12.8 Å². The van der Waals surface area contributed by atoms with E-state index in [2.05, 4.69) is 4.72 Å². The van der Waals surface area contributed by atoms with Gasteiger partial charge in [-0.3, -0.25) is 4.79 Å². The molecule has 0 fully saturated rings. The van der Waals surface area contributed by atoms with Crippen molar-refractivity contribution in [1.82, 2.24) is 9.03 Å². The van der Waals surface area contributed by atoms with E-state index < -0.39 is 21.7 Å². The highest BCUT2D eigenvalue weighted by molar-refractivity contribution is 7.87. The van der Waals surface area contributed by atoms with Crippen molar-refractivity contribution in [3.63, 3.8) is 0 Å². The normalized spacial score (nSPS) is 15.3. The number of nitrogens with zero attached hydrogens (tertiary/aromatic N) is 1. The number of carbonyl (C=O) groups excluding carboxylic acids is 1. The summed E-state index contributed by atoms with van der Waals surface area (Å²) in [5.41, 5.74) is -1.22. The Hall–Kier alpha value is -0.660. The Morgan fingerprint density at radius 2 is 1.89 bits per heavy atom. The molecule has 0 aliphatic carbocycles. The maximum absolute atomic E-state index is 12.2. The Kier molecular flexibility index (Phi) is 7.54. The number of hydrogen-bond acceptors (Lipinski definition) is 4. The van der Waals surface area contributed by atoms with Crippen molar-refractivity contribution < 1.29 is 17.9 Å². The molecule has 1 unspecified atom stereocenters. The van der Waals surface area contributed by atoms with E-state index in [1.165, 1.54) is 18.5 Å². The predicted molar refractivity (Wildman–Crippen MR) is 74.9 cm³/mol. The predicted octanol–water partition coefficient (Wildman–Crippen LogP) is 1.28. The van der Waals surface area contributed by atoms with Crippen LogP contribution >= 0.6 is 0 Å². The van der Waals surface area contributed by atoms with E-state index in [9.17, 15) is 13.2 Å². The van der Waals surface area contributed by atoms with Crippen LogP contribution in [0.25, 0.3) is 0 Å². The highest BCUT2D eigenvalue weighted by Gasteiger charge is 2.38.